The zero-order valence-corrected chi connectivity index (χ0v) is 24.1. The summed E-state index contributed by atoms with van der Waals surface area (Å²) in [5.41, 5.74) is 4.86. The van der Waals surface area contributed by atoms with Gasteiger partial charge in [0, 0.05) is 30.1 Å². The highest BCUT2D eigenvalue weighted by Crippen LogP contribution is 2.30. The summed E-state index contributed by atoms with van der Waals surface area (Å²) in [4.78, 5) is 29.9. The molecule has 7 rings (SSSR count). The van der Waals surface area contributed by atoms with E-state index in [0.717, 1.165) is 33.5 Å². The Hall–Kier alpha value is -4.67. The molecule has 0 bridgehead atoms. The number of imidazole rings is 1. The average Bonchev–Trinajstić information content (AvgIpc) is 3.64. The van der Waals surface area contributed by atoms with Crippen molar-refractivity contribution in [2.45, 2.75) is 25.8 Å². The van der Waals surface area contributed by atoms with E-state index in [1.165, 1.54) is 44.5 Å². The van der Waals surface area contributed by atoms with Gasteiger partial charge in [0.05, 0.1) is 23.2 Å². The number of carbonyl (C=O) groups excluding carboxylic acids is 1. The number of rotatable bonds is 5. The number of ether oxygens (including phenoxy) is 1. The minimum atomic E-state index is -0.360. The third-order valence-corrected chi connectivity index (χ3v) is 7.13. The molecule has 0 saturated carbocycles. The fraction of sp³-hybridized carbons (Fsp3) is 0.273. The molecule has 0 radical (unpaired) electrons. The lowest BCUT2D eigenvalue weighted by Crippen LogP contribution is -2.24. The summed E-state index contributed by atoms with van der Waals surface area (Å²) in [6, 6.07) is 19.5. The Morgan fingerprint density at radius 3 is 2.49 bits per heavy atom. The van der Waals surface area contributed by atoms with E-state index >= 15 is 0 Å². The van der Waals surface area contributed by atoms with Crippen LogP contribution in [0.25, 0.3) is 33.8 Å². The van der Waals surface area contributed by atoms with E-state index in [1.807, 2.05) is 42.5 Å². The molecule has 10 heteroatoms. The van der Waals surface area contributed by atoms with Crippen molar-refractivity contribution in [3.8, 4) is 28.5 Å². The molecule has 43 heavy (non-hydrogen) atoms. The van der Waals surface area contributed by atoms with Crippen LogP contribution < -0.4 is 10.1 Å². The zero-order chi connectivity index (χ0) is 30.0. The average molecular weight is 583 g/mol. The molecule has 0 unspecified atom stereocenters. The maximum absolute atomic E-state index is 12.6. The topological polar surface area (TPSA) is 116 Å². The second-order valence-corrected chi connectivity index (χ2v) is 10.3. The van der Waals surface area contributed by atoms with Crippen LogP contribution in [0.4, 0.5) is 4.39 Å². The van der Waals surface area contributed by atoms with Gasteiger partial charge in [0.25, 0.3) is 5.91 Å². The Balaban J connectivity index is 0.000000166. The van der Waals surface area contributed by atoms with Gasteiger partial charge in [0.15, 0.2) is 5.82 Å². The normalized spacial score (nSPS) is 14.2. The largest absolute Gasteiger partial charge is 0.490 e. The molecule has 0 atom stereocenters. The molecule has 3 aromatic carbocycles. The van der Waals surface area contributed by atoms with Gasteiger partial charge >= 0.3 is 0 Å². The smallest absolute Gasteiger partial charge is 0.252 e. The van der Waals surface area contributed by atoms with E-state index in [-0.39, 0.29) is 24.9 Å². The summed E-state index contributed by atoms with van der Waals surface area (Å²) in [5, 5.41) is 11.6. The van der Waals surface area contributed by atoms with Crippen molar-refractivity contribution in [2.24, 2.45) is 0 Å². The van der Waals surface area contributed by atoms with Gasteiger partial charge in [0.1, 0.15) is 24.0 Å². The van der Waals surface area contributed by atoms with Crippen LogP contribution in [0.15, 0.2) is 79.1 Å². The number of likely N-dealkylation sites (tertiary alicyclic amines) is 1. The fourth-order valence-corrected chi connectivity index (χ4v) is 4.91. The first-order valence-corrected chi connectivity index (χ1v) is 14.4. The molecule has 2 aromatic heterocycles. The number of piperidine rings is 1. The van der Waals surface area contributed by atoms with Crippen LogP contribution in [-0.2, 0) is 6.54 Å². The van der Waals surface area contributed by atoms with Crippen molar-refractivity contribution in [2.75, 3.05) is 33.4 Å². The second kappa shape index (κ2) is 14.5. The number of benzene rings is 3. The molecule has 2 aliphatic rings. The van der Waals surface area contributed by atoms with Crippen LogP contribution in [0.2, 0.25) is 0 Å². The Labute approximate surface area is 249 Å². The molecule has 1 fully saturated rings. The van der Waals surface area contributed by atoms with E-state index in [4.69, 9.17) is 9.84 Å². The number of nitrogens with zero attached hydrogens (tertiary/aromatic N) is 4. The number of aromatic nitrogens is 4. The predicted octanol–water partition coefficient (Wildman–Crippen LogP) is 5.23. The molecule has 0 spiro atoms. The summed E-state index contributed by atoms with van der Waals surface area (Å²) < 4.78 is 18.2. The number of aliphatic hydroxyl groups is 1. The summed E-state index contributed by atoms with van der Waals surface area (Å²) in [6.07, 6.45) is 7.72. The van der Waals surface area contributed by atoms with Gasteiger partial charge in [-0.3, -0.25) is 4.79 Å². The van der Waals surface area contributed by atoms with Crippen molar-refractivity contribution < 1.29 is 19.0 Å². The van der Waals surface area contributed by atoms with Gasteiger partial charge in [-0.25, -0.2) is 19.3 Å². The van der Waals surface area contributed by atoms with Gasteiger partial charge in [0.2, 0.25) is 0 Å². The van der Waals surface area contributed by atoms with Crippen LogP contribution in [0.5, 0.6) is 5.75 Å². The third kappa shape index (κ3) is 7.79. The molecular weight excluding hydrogens is 547 g/mol. The molecule has 5 aromatic rings. The van der Waals surface area contributed by atoms with E-state index in [9.17, 15) is 9.18 Å². The molecule has 3 N–H and O–H groups in total. The number of para-hydroxylation sites is 1. The minimum Gasteiger partial charge on any atom is -0.490 e. The van der Waals surface area contributed by atoms with Crippen molar-refractivity contribution in [1.29, 1.82) is 0 Å². The summed E-state index contributed by atoms with van der Waals surface area (Å²) in [6.45, 7) is 3.37. The fourth-order valence-electron chi connectivity index (χ4n) is 4.91. The maximum Gasteiger partial charge on any atom is 0.252 e. The molecule has 1 amide bonds. The highest BCUT2D eigenvalue weighted by atomic mass is 19.1. The number of halogens is 1. The van der Waals surface area contributed by atoms with E-state index in [0.29, 0.717) is 23.7 Å². The van der Waals surface area contributed by atoms with E-state index in [2.05, 4.69) is 37.2 Å². The van der Waals surface area contributed by atoms with Crippen molar-refractivity contribution >= 4 is 16.9 Å². The third-order valence-electron chi connectivity index (χ3n) is 7.13. The summed E-state index contributed by atoms with van der Waals surface area (Å²) in [7, 11) is 2.19. The molecule has 4 heterocycles. The van der Waals surface area contributed by atoms with E-state index in [1.54, 1.807) is 24.5 Å². The first kappa shape index (κ1) is 29.8. The zero-order valence-electron chi connectivity index (χ0n) is 24.1. The number of fused-ring (bicyclic) bond motifs is 2. The lowest BCUT2D eigenvalue weighted by atomic mass is 10.1. The Kier molecular flexibility index (Phi) is 10.0. The van der Waals surface area contributed by atoms with Gasteiger partial charge in [-0.2, -0.15) is 0 Å². The SMILES string of the molecule is CN1CCCCC1.O=C1NCc2ccc(F)cc21.OCCOc1ccccc1-c1nc2ccc(-c3ncccn3)cc2[nH]1. The summed E-state index contributed by atoms with van der Waals surface area (Å²) >= 11 is 0. The van der Waals surface area contributed by atoms with Crippen molar-refractivity contribution in [1.82, 2.24) is 30.2 Å². The Morgan fingerprint density at radius 1 is 0.953 bits per heavy atom. The number of hydrogen-bond acceptors (Lipinski definition) is 7. The summed E-state index contributed by atoms with van der Waals surface area (Å²) in [5.74, 6) is 1.53. The predicted molar refractivity (Wildman–Crippen MR) is 164 cm³/mol. The van der Waals surface area contributed by atoms with Crippen LogP contribution in [0.1, 0.15) is 35.2 Å². The molecule has 1 saturated heterocycles. The number of carbonyl (C=O) groups is 1. The molecule has 9 nitrogen and oxygen atoms in total. The Bertz CT molecular complexity index is 1650. The highest BCUT2D eigenvalue weighted by molar-refractivity contribution is 5.98. The van der Waals surface area contributed by atoms with Crippen LogP contribution >= 0.6 is 0 Å². The first-order chi connectivity index (χ1) is 21.0. The Morgan fingerprint density at radius 2 is 1.74 bits per heavy atom. The minimum absolute atomic E-state index is 0.0328. The standard InChI is InChI=1S/C19H16N4O2.C8H6FNO.C6H13N/c24-10-11-25-17-5-2-1-4-14(17)19-22-15-7-6-13(12-16(15)23-19)18-20-8-3-9-21-18;9-6-2-1-5-4-10-8(11)7(5)3-6;1-7-5-3-2-4-6-7/h1-9,12,24H,10-11H2,(H,22,23);1-3H,4H2,(H,10,11);2-6H2,1H3. The molecular formula is C33H35FN6O3. The van der Waals surface area contributed by atoms with Crippen LogP contribution in [0, 0.1) is 5.82 Å². The lowest BCUT2D eigenvalue weighted by Gasteiger charge is -2.20. The quantitative estimate of drug-likeness (QED) is 0.260. The second-order valence-electron chi connectivity index (χ2n) is 10.3. The van der Waals surface area contributed by atoms with Gasteiger partial charge < -0.3 is 25.0 Å². The first-order valence-electron chi connectivity index (χ1n) is 14.4. The molecule has 0 aliphatic carbocycles. The number of H-pyrrole nitrogens is 1. The van der Waals surface area contributed by atoms with Crippen molar-refractivity contribution in [3.05, 3.63) is 96.1 Å². The van der Waals surface area contributed by atoms with E-state index < -0.39 is 0 Å². The number of aliphatic hydroxyl groups excluding tert-OH is 1. The number of nitrogens with one attached hydrogen (secondary N) is 2. The molecule has 222 valence electrons. The maximum atomic E-state index is 12.6. The number of hydrogen-bond donors (Lipinski definition) is 3. The van der Waals surface area contributed by atoms with Gasteiger partial charge in [-0.15, -0.1) is 0 Å². The van der Waals surface area contributed by atoms with Crippen LogP contribution in [0.3, 0.4) is 0 Å². The number of amides is 1. The van der Waals surface area contributed by atoms with Crippen LogP contribution in [-0.4, -0.2) is 69.2 Å². The number of aromatic amines is 1. The highest BCUT2D eigenvalue weighted by Gasteiger charge is 2.18. The van der Waals surface area contributed by atoms with Crippen molar-refractivity contribution in [3.63, 3.8) is 0 Å². The van der Waals surface area contributed by atoms with Gasteiger partial charge in [-0.05, 0) is 87.1 Å². The monoisotopic (exact) mass is 582 g/mol. The van der Waals surface area contributed by atoms with Gasteiger partial charge in [-0.1, -0.05) is 24.6 Å². The lowest BCUT2D eigenvalue weighted by molar-refractivity contribution is 0.0965. The molecule has 2 aliphatic heterocycles.